The molecule has 1 fully saturated rings. The summed E-state index contributed by atoms with van der Waals surface area (Å²) in [5, 5.41) is -0.152. The zero-order valence-electron chi connectivity index (χ0n) is 14.6. The quantitative estimate of drug-likeness (QED) is 0.793. The normalized spacial score (nSPS) is 17.7. The summed E-state index contributed by atoms with van der Waals surface area (Å²) in [6, 6.07) is 11.1. The lowest BCUT2D eigenvalue weighted by Gasteiger charge is -2.20. The van der Waals surface area contributed by atoms with E-state index in [1.165, 1.54) is 6.07 Å². The van der Waals surface area contributed by atoms with Crippen LogP contribution in [0.25, 0.3) is 0 Å². The van der Waals surface area contributed by atoms with Crippen LogP contribution in [0.2, 0.25) is 0 Å². The predicted octanol–water partition coefficient (Wildman–Crippen LogP) is 4.36. The first-order valence-corrected chi connectivity index (χ1v) is 9.61. The summed E-state index contributed by atoms with van der Waals surface area (Å²) in [6.07, 6.45) is 0.585. The Hall–Kier alpha value is -2.08. The molecular weight excluding hydrogens is 356 g/mol. The third kappa shape index (κ3) is 4.75. The highest BCUT2D eigenvalue weighted by Crippen LogP contribution is 2.36. The van der Waals surface area contributed by atoms with E-state index in [9.17, 15) is 13.6 Å². The monoisotopic (exact) mass is 377 g/mol. The molecule has 1 amide bonds. The van der Waals surface area contributed by atoms with Crippen LogP contribution < -0.4 is 4.74 Å². The van der Waals surface area contributed by atoms with Gasteiger partial charge in [0.25, 0.3) is 5.91 Å². The van der Waals surface area contributed by atoms with Gasteiger partial charge in [-0.3, -0.25) is 4.79 Å². The molecule has 2 aromatic rings. The van der Waals surface area contributed by atoms with Crippen molar-refractivity contribution < 1.29 is 18.3 Å². The Bertz CT molecular complexity index is 784. The van der Waals surface area contributed by atoms with Crippen LogP contribution in [0.1, 0.15) is 22.8 Å². The van der Waals surface area contributed by atoms with Crippen molar-refractivity contribution in [3.05, 3.63) is 65.2 Å². The van der Waals surface area contributed by atoms with E-state index in [-0.39, 0.29) is 17.8 Å². The Morgan fingerprint density at radius 2 is 2.08 bits per heavy atom. The molecule has 0 aliphatic carbocycles. The van der Waals surface area contributed by atoms with Gasteiger partial charge in [-0.2, -0.15) is 11.8 Å². The molecule has 1 heterocycles. The molecule has 0 N–H and O–H groups in total. The van der Waals surface area contributed by atoms with Crippen LogP contribution in [0.15, 0.2) is 42.5 Å². The van der Waals surface area contributed by atoms with Gasteiger partial charge in [0.2, 0.25) is 0 Å². The van der Waals surface area contributed by atoms with E-state index in [4.69, 9.17) is 4.74 Å². The summed E-state index contributed by atoms with van der Waals surface area (Å²) in [5.41, 5.74) is 1.45. The molecule has 2 aromatic carbocycles. The van der Waals surface area contributed by atoms with E-state index in [2.05, 4.69) is 0 Å². The number of hydrogen-bond donors (Lipinski definition) is 0. The molecule has 1 unspecified atom stereocenters. The third-order valence-electron chi connectivity index (χ3n) is 4.35. The summed E-state index contributed by atoms with van der Waals surface area (Å²) in [6.45, 7) is 3.03. The summed E-state index contributed by atoms with van der Waals surface area (Å²) in [5.74, 6) is 0.420. The van der Waals surface area contributed by atoms with Gasteiger partial charge in [-0.25, -0.2) is 8.78 Å². The van der Waals surface area contributed by atoms with Gasteiger partial charge >= 0.3 is 0 Å². The number of carbonyl (C=O) groups excluding carboxylic acids is 1. The highest BCUT2D eigenvalue weighted by atomic mass is 32.2. The van der Waals surface area contributed by atoms with Gasteiger partial charge < -0.3 is 9.64 Å². The average Bonchev–Trinajstić information content (AvgIpc) is 2.88. The van der Waals surface area contributed by atoms with Gasteiger partial charge in [0.1, 0.15) is 17.4 Å². The third-order valence-corrected chi connectivity index (χ3v) is 5.66. The SMILES string of the molecule is Cc1cccc(OCC(=O)N2CCSC(c3cc(F)ccc3F)CC2)c1. The van der Waals surface area contributed by atoms with Crippen LogP contribution in [0, 0.1) is 18.6 Å². The first-order chi connectivity index (χ1) is 12.5. The van der Waals surface area contributed by atoms with Crippen molar-refractivity contribution in [1.82, 2.24) is 4.90 Å². The van der Waals surface area contributed by atoms with E-state index >= 15 is 0 Å². The van der Waals surface area contributed by atoms with E-state index in [0.717, 1.165) is 17.7 Å². The Labute approximate surface area is 156 Å². The number of carbonyl (C=O) groups is 1. The van der Waals surface area contributed by atoms with Crippen molar-refractivity contribution in [3.8, 4) is 5.75 Å². The summed E-state index contributed by atoms with van der Waals surface area (Å²) >= 11 is 1.56. The lowest BCUT2D eigenvalue weighted by atomic mass is 10.1. The standard InChI is InChI=1S/C20H21F2NO2S/c1-14-3-2-4-16(11-14)25-13-20(24)23-8-7-19(26-10-9-23)17-12-15(21)5-6-18(17)22/h2-6,11-12,19H,7-10,13H2,1H3. The molecule has 3 nitrogen and oxygen atoms in total. The second-order valence-corrected chi connectivity index (χ2v) is 7.61. The first-order valence-electron chi connectivity index (χ1n) is 8.57. The Balaban J connectivity index is 1.57. The number of rotatable bonds is 4. The number of thioether (sulfide) groups is 1. The Morgan fingerprint density at radius 1 is 1.23 bits per heavy atom. The maximum Gasteiger partial charge on any atom is 0.260 e. The van der Waals surface area contributed by atoms with Crippen molar-refractivity contribution in [3.63, 3.8) is 0 Å². The van der Waals surface area contributed by atoms with E-state index in [1.54, 1.807) is 16.7 Å². The number of aryl methyl sites for hydroxylation is 1. The zero-order valence-corrected chi connectivity index (χ0v) is 15.4. The van der Waals surface area contributed by atoms with Gasteiger partial charge in [-0.15, -0.1) is 0 Å². The lowest BCUT2D eigenvalue weighted by Crippen LogP contribution is -2.36. The fourth-order valence-electron chi connectivity index (χ4n) is 2.97. The highest BCUT2D eigenvalue weighted by Gasteiger charge is 2.24. The van der Waals surface area contributed by atoms with E-state index in [0.29, 0.717) is 36.6 Å². The van der Waals surface area contributed by atoms with Crippen LogP contribution in [-0.4, -0.2) is 36.3 Å². The molecule has 1 atom stereocenters. The maximum absolute atomic E-state index is 14.0. The van der Waals surface area contributed by atoms with Crippen LogP contribution in [-0.2, 0) is 4.79 Å². The van der Waals surface area contributed by atoms with Crippen molar-refractivity contribution in [1.29, 1.82) is 0 Å². The Morgan fingerprint density at radius 3 is 2.88 bits per heavy atom. The molecule has 1 aliphatic heterocycles. The van der Waals surface area contributed by atoms with Gasteiger partial charge in [0.05, 0.1) is 0 Å². The van der Waals surface area contributed by atoms with Gasteiger partial charge in [-0.05, 0) is 49.2 Å². The van der Waals surface area contributed by atoms with Gasteiger partial charge in [0, 0.05) is 29.7 Å². The molecule has 0 aromatic heterocycles. The first kappa shape index (κ1) is 18.7. The van der Waals surface area contributed by atoms with Crippen LogP contribution in [0.4, 0.5) is 8.78 Å². The summed E-state index contributed by atoms with van der Waals surface area (Å²) in [4.78, 5) is 14.2. The minimum absolute atomic E-state index is 0.0207. The van der Waals surface area contributed by atoms with Crippen LogP contribution in [0.3, 0.4) is 0 Å². The molecule has 0 radical (unpaired) electrons. The largest absolute Gasteiger partial charge is 0.484 e. The molecule has 6 heteroatoms. The second-order valence-electron chi connectivity index (χ2n) is 6.30. The number of ether oxygens (including phenoxy) is 1. The molecule has 1 saturated heterocycles. The molecular formula is C20H21F2NO2S. The number of benzene rings is 2. The van der Waals surface area contributed by atoms with Crippen LogP contribution >= 0.6 is 11.8 Å². The zero-order chi connectivity index (χ0) is 18.5. The number of nitrogens with zero attached hydrogens (tertiary/aromatic N) is 1. The van der Waals surface area contributed by atoms with Crippen molar-refractivity contribution >= 4 is 17.7 Å². The summed E-state index contributed by atoms with van der Waals surface area (Å²) in [7, 11) is 0. The lowest BCUT2D eigenvalue weighted by molar-refractivity contribution is -0.133. The molecule has 1 aliphatic rings. The minimum atomic E-state index is -0.439. The van der Waals surface area contributed by atoms with E-state index < -0.39 is 11.6 Å². The molecule has 0 saturated carbocycles. The van der Waals surface area contributed by atoms with Gasteiger partial charge in [0.15, 0.2) is 6.61 Å². The average molecular weight is 377 g/mol. The predicted molar refractivity (Wildman–Crippen MR) is 99.4 cm³/mol. The molecule has 3 rings (SSSR count). The molecule has 0 spiro atoms. The fourth-order valence-corrected chi connectivity index (χ4v) is 4.21. The second kappa shape index (κ2) is 8.54. The van der Waals surface area contributed by atoms with Crippen molar-refractivity contribution in [2.45, 2.75) is 18.6 Å². The number of hydrogen-bond acceptors (Lipinski definition) is 3. The number of halogens is 2. The molecule has 138 valence electrons. The molecule has 26 heavy (non-hydrogen) atoms. The Kier molecular flexibility index (Phi) is 6.14. The summed E-state index contributed by atoms with van der Waals surface area (Å²) < 4.78 is 33.0. The van der Waals surface area contributed by atoms with Crippen LogP contribution in [0.5, 0.6) is 5.75 Å². The highest BCUT2D eigenvalue weighted by molar-refractivity contribution is 7.99. The topological polar surface area (TPSA) is 29.5 Å². The smallest absolute Gasteiger partial charge is 0.260 e. The van der Waals surface area contributed by atoms with E-state index in [1.807, 2.05) is 31.2 Å². The number of amides is 1. The molecule has 0 bridgehead atoms. The van der Waals surface area contributed by atoms with Crippen molar-refractivity contribution in [2.75, 3.05) is 25.4 Å². The maximum atomic E-state index is 14.0. The van der Waals surface area contributed by atoms with Crippen molar-refractivity contribution in [2.24, 2.45) is 0 Å². The van der Waals surface area contributed by atoms with Gasteiger partial charge in [-0.1, -0.05) is 12.1 Å². The minimum Gasteiger partial charge on any atom is -0.484 e. The fraction of sp³-hybridized carbons (Fsp3) is 0.350.